The number of aliphatic hydroxyl groups is 2. The van der Waals surface area contributed by atoms with Crippen LogP contribution in [0.25, 0.3) is 16.8 Å². The summed E-state index contributed by atoms with van der Waals surface area (Å²) in [5.41, 5.74) is -2.13. The summed E-state index contributed by atoms with van der Waals surface area (Å²) in [7, 11) is 0. The Morgan fingerprint density at radius 1 is 1.12 bits per heavy atom. The molecule has 4 unspecified atom stereocenters. The molecule has 0 aliphatic carbocycles. The molecule has 2 aromatic carbocycles. The molecule has 2 aromatic heterocycles. The maximum absolute atomic E-state index is 14.8. The molecule has 16 heteroatoms. The number of nitriles is 1. The third-order valence-corrected chi connectivity index (χ3v) is 7.60. The van der Waals surface area contributed by atoms with Crippen molar-refractivity contribution in [3.63, 3.8) is 0 Å². The number of alkyl halides is 3. The third-order valence-electron chi connectivity index (χ3n) is 7.37. The van der Waals surface area contributed by atoms with Crippen molar-refractivity contribution < 1.29 is 41.6 Å². The van der Waals surface area contributed by atoms with Crippen LogP contribution in [-0.4, -0.2) is 65.8 Å². The Labute approximate surface area is 244 Å². The number of aromatic nitrogens is 5. The van der Waals surface area contributed by atoms with Crippen molar-refractivity contribution in [2.24, 2.45) is 0 Å². The Morgan fingerprint density at radius 2 is 1.88 bits per heavy atom. The van der Waals surface area contributed by atoms with E-state index in [4.69, 9.17) is 26.3 Å². The Morgan fingerprint density at radius 3 is 2.60 bits per heavy atom. The fraction of sp³-hybridized carbons (Fsp3) is 0.333. The van der Waals surface area contributed by atoms with Gasteiger partial charge in [0.05, 0.1) is 29.6 Å². The molecular weight excluding hydrogens is 603 g/mol. The number of rotatable bonds is 4. The lowest BCUT2D eigenvalue weighted by molar-refractivity contribution is -0.196. The van der Waals surface area contributed by atoms with Crippen molar-refractivity contribution in [1.29, 1.82) is 5.26 Å². The quantitative estimate of drug-likeness (QED) is 0.326. The van der Waals surface area contributed by atoms with Gasteiger partial charge in [0.15, 0.2) is 17.5 Å². The van der Waals surface area contributed by atoms with E-state index in [9.17, 15) is 32.2 Å². The van der Waals surface area contributed by atoms with Gasteiger partial charge in [-0.2, -0.15) is 28.6 Å². The summed E-state index contributed by atoms with van der Waals surface area (Å²) in [5.74, 6) is -2.77. The Kier molecular flexibility index (Phi) is 7.22. The van der Waals surface area contributed by atoms with Crippen LogP contribution >= 0.6 is 11.6 Å². The van der Waals surface area contributed by atoms with Gasteiger partial charge in [-0.15, -0.1) is 0 Å². The van der Waals surface area contributed by atoms with Gasteiger partial charge in [-0.25, -0.2) is 18.4 Å². The van der Waals surface area contributed by atoms with E-state index in [1.165, 1.54) is 30.1 Å². The van der Waals surface area contributed by atoms with Crippen molar-refractivity contribution in [2.45, 2.75) is 49.7 Å². The van der Waals surface area contributed by atoms with Crippen molar-refractivity contribution in [2.75, 3.05) is 6.61 Å². The molecule has 2 aliphatic rings. The molecule has 0 radical (unpaired) electrons. The molecule has 2 fully saturated rings. The normalized spacial score (nSPS) is 25.5. The summed E-state index contributed by atoms with van der Waals surface area (Å²) in [5, 5.41) is 39.6. The predicted octanol–water partition coefficient (Wildman–Crippen LogP) is 4.06. The highest BCUT2D eigenvalue weighted by Gasteiger charge is 2.54. The Balaban J connectivity index is 1.44. The van der Waals surface area contributed by atoms with Crippen LogP contribution in [-0.2, 0) is 15.7 Å². The van der Waals surface area contributed by atoms with Crippen LogP contribution in [0.2, 0.25) is 5.02 Å². The minimum Gasteiger partial charge on any atom is -0.388 e. The second kappa shape index (κ2) is 10.6. The summed E-state index contributed by atoms with van der Waals surface area (Å²) in [6, 6.07) is 5.65. The molecule has 6 atom stereocenters. The molecule has 6 rings (SSSR count). The highest BCUT2D eigenvalue weighted by Crippen LogP contribution is 2.44. The maximum atomic E-state index is 14.8. The summed E-state index contributed by atoms with van der Waals surface area (Å²) in [6.07, 6.45) is -8.60. The summed E-state index contributed by atoms with van der Waals surface area (Å²) in [6.45, 7) is 1.25. The number of halogens is 6. The first kappa shape index (κ1) is 29.1. The third kappa shape index (κ3) is 4.94. The van der Waals surface area contributed by atoms with Gasteiger partial charge in [0.25, 0.3) is 0 Å². The second-order valence-electron chi connectivity index (χ2n) is 10.1. The van der Waals surface area contributed by atoms with E-state index in [1.807, 2.05) is 0 Å². The van der Waals surface area contributed by atoms with Gasteiger partial charge in [-0.1, -0.05) is 11.6 Å². The first-order valence-corrected chi connectivity index (χ1v) is 13.1. The molecule has 0 saturated carbocycles. The molecule has 2 aliphatic heterocycles. The zero-order valence-corrected chi connectivity index (χ0v) is 22.6. The number of hydrogen-bond acceptors (Lipinski definition) is 8. The van der Waals surface area contributed by atoms with Crippen molar-refractivity contribution in [1.82, 2.24) is 24.5 Å². The predicted molar refractivity (Wildman–Crippen MR) is 137 cm³/mol. The molecule has 0 bridgehead atoms. The van der Waals surface area contributed by atoms with Crippen LogP contribution in [0.1, 0.15) is 34.9 Å². The number of hydrogen-bond donors (Lipinski definition) is 2. The number of nitrogens with zero attached hydrogens (tertiary/aromatic N) is 6. The van der Waals surface area contributed by atoms with E-state index < -0.39 is 71.2 Å². The average Bonchev–Trinajstić information content (AvgIpc) is 3.68. The highest BCUT2D eigenvalue weighted by atomic mass is 35.5. The first-order valence-electron chi connectivity index (χ1n) is 12.8. The van der Waals surface area contributed by atoms with Gasteiger partial charge in [-0.05, 0) is 37.3 Å². The van der Waals surface area contributed by atoms with Gasteiger partial charge in [0, 0.05) is 22.3 Å². The molecular formula is C27H20ClF5N6O4. The summed E-state index contributed by atoms with van der Waals surface area (Å²) in [4.78, 5) is 4.26. The topological polar surface area (TPSA) is 131 Å². The monoisotopic (exact) mass is 622 g/mol. The molecule has 2 N–H and O–H groups in total. The van der Waals surface area contributed by atoms with Crippen molar-refractivity contribution in [3.05, 3.63) is 82.2 Å². The van der Waals surface area contributed by atoms with E-state index in [2.05, 4.69) is 15.2 Å². The fourth-order valence-corrected chi connectivity index (χ4v) is 5.60. The lowest BCUT2D eigenvalue weighted by atomic mass is 9.91. The van der Waals surface area contributed by atoms with Gasteiger partial charge in [0.2, 0.25) is 0 Å². The van der Waals surface area contributed by atoms with Crippen LogP contribution < -0.4 is 0 Å². The van der Waals surface area contributed by atoms with Gasteiger partial charge >= 0.3 is 6.18 Å². The molecule has 4 aromatic rings. The molecule has 43 heavy (non-hydrogen) atoms. The zero-order chi connectivity index (χ0) is 30.8. The second-order valence-corrected chi connectivity index (χ2v) is 10.5. The van der Waals surface area contributed by atoms with E-state index in [1.54, 1.807) is 6.07 Å². The molecule has 2 saturated heterocycles. The largest absolute Gasteiger partial charge is 0.418 e. The van der Waals surface area contributed by atoms with Gasteiger partial charge in [-0.3, -0.25) is 4.68 Å². The lowest BCUT2D eigenvalue weighted by Gasteiger charge is -2.41. The fourth-order valence-electron chi connectivity index (χ4n) is 5.43. The van der Waals surface area contributed by atoms with Gasteiger partial charge < -0.3 is 19.7 Å². The minimum absolute atomic E-state index is 0.0136. The SMILES string of the molecule is Cc1nc([C@@H]2OC3C(O)CO[C@@H]3C(n3cc(-c4ccc(C#N)c(F)c4F)cn3)C2O)n(-c2cc(Cl)ccc2C(F)(F)F)n1. The zero-order valence-electron chi connectivity index (χ0n) is 21.9. The van der Waals surface area contributed by atoms with E-state index in [0.29, 0.717) is 0 Å². The summed E-state index contributed by atoms with van der Waals surface area (Å²) < 4.78 is 84.8. The maximum Gasteiger partial charge on any atom is 0.418 e. The Bertz CT molecular complexity index is 1750. The number of benzene rings is 2. The van der Waals surface area contributed by atoms with Crippen LogP contribution in [0, 0.1) is 29.9 Å². The van der Waals surface area contributed by atoms with Crippen LogP contribution in [0.3, 0.4) is 0 Å². The van der Waals surface area contributed by atoms with E-state index in [-0.39, 0.29) is 34.4 Å². The standard InChI is InChI=1S/C27H20ClF5N6O4/c1-11-36-26(39(37-11)17-6-14(28)3-5-16(17)27(31,32)33)25-22(41)21(24-23(43-25)18(40)10-42-24)38-9-13(8-35-38)15-4-2-12(7-34)19(29)20(15)30/h2-6,8-9,18,21-25,40-41H,10H2,1H3/t18?,21?,22?,23?,24-,25-/m1/s1. The lowest BCUT2D eigenvalue weighted by Crippen LogP contribution is -2.52. The smallest absolute Gasteiger partial charge is 0.388 e. The molecule has 0 spiro atoms. The number of ether oxygens (including phenoxy) is 2. The van der Waals surface area contributed by atoms with Crippen molar-refractivity contribution >= 4 is 11.6 Å². The molecule has 0 amide bonds. The van der Waals surface area contributed by atoms with Crippen LogP contribution in [0.5, 0.6) is 0 Å². The van der Waals surface area contributed by atoms with Crippen LogP contribution in [0.4, 0.5) is 22.0 Å². The minimum atomic E-state index is -4.79. The molecule has 224 valence electrons. The van der Waals surface area contributed by atoms with Gasteiger partial charge in [0.1, 0.15) is 48.5 Å². The molecule has 10 nitrogen and oxygen atoms in total. The van der Waals surface area contributed by atoms with E-state index in [0.717, 1.165) is 28.9 Å². The highest BCUT2D eigenvalue weighted by molar-refractivity contribution is 6.30. The number of aryl methyl sites for hydroxylation is 1. The summed E-state index contributed by atoms with van der Waals surface area (Å²) >= 11 is 6.04. The average molecular weight is 623 g/mol. The van der Waals surface area contributed by atoms with Crippen molar-refractivity contribution in [3.8, 4) is 22.9 Å². The number of fused-ring (bicyclic) bond motifs is 1. The van der Waals surface area contributed by atoms with E-state index >= 15 is 0 Å². The Hall–Kier alpha value is -3.94. The molecule has 4 heterocycles. The van der Waals surface area contributed by atoms with Crippen LogP contribution in [0.15, 0.2) is 42.7 Å². The number of aliphatic hydroxyl groups excluding tert-OH is 2. The first-order chi connectivity index (χ1) is 20.4.